The number of para-hydroxylation sites is 1. The van der Waals surface area contributed by atoms with Gasteiger partial charge in [0.15, 0.2) is 5.13 Å². The van der Waals surface area contributed by atoms with Crippen LogP contribution in [0.3, 0.4) is 0 Å². The van der Waals surface area contributed by atoms with Gasteiger partial charge in [0.25, 0.3) is 0 Å². The summed E-state index contributed by atoms with van der Waals surface area (Å²) < 4.78 is 19.7. The minimum Gasteiger partial charge on any atom is -0.494 e. The van der Waals surface area contributed by atoms with Crippen molar-refractivity contribution in [2.75, 3.05) is 12.4 Å². The van der Waals surface area contributed by atoms with E-state index in [1.54, 1.807) is 25.3 Å². The molecule has 0 fully saturated rings. The van der Waals surface area contributed by atoms with E-state index in [0.717, 1.165) is 10.2 Å². The van der Waals surface area contributed by atoms with Crippen LogP contribution in [0.25, 0.3) is 10.2 Å². The fourth-order valence-electron chi connectivity index (χ4n) is 2.27. The van der Waals surface area contributed by atoms with Gasteiger partial charge in [0, 0.05) is 6.42 Å². The molecule has 0 atom stereocenters. The molecule has 3 aromatic rings. The van der Waals surface area contributed by atoms with Gasteiger partial charge in [0.2, 0.25) is 5.91 Å². The number of thiazole rings is 1. The Bertz CT molecular complexity index is 847. The van der Waals surface area contributed by atoms with Crippen molar-refractivity contribution >= 4 is 32.6 Å². The summed E-state index contributed by atoms with van der Waals surface area (Å²) in [7, 11) is 1.58. The number of benzene rings is 2. The zero-order valence-corrected chi connectivity index (χ0v) is 13.3. The number of methoxy groups -OCH3 is 1. The Balaban J connectivity index is 1.67. The van der Waals surface area contributed by atoms with Gasteiger partial charge in [0.1, 0.15) is 17.1 Å². The van der Waals surface area contributed by atoms with Crippen LogP contribution >= 0.6 is 11.3 Å². The molecule has 0 radical (unpaired) electrons. The van der Waals surface area contributed by atoms with Gasteiger partial charge in [-0.15, -0.1) is 0 Å². The van der Waals surface area contributed by atoms with Crippen LogP contribution in [0.1, 0.15) is 12.0 Å². The lowest BCUT2D eigenvalue weighted by Crippen LogP contribution is -2.12. The summed E-state index contributed by atoms with van der Waals surface area (Å²) in [6.07, 6.45) is 0.556. The summed E-state index contributed by atoms with van der Waals surface area (Å²) >= 11 is 1.38. The third-order valence-electron chi connectivity index (χ3n) is 3.43. The average molecular weight is 330 g/mol. The van der Waals surface area contributed by atoms with Crippen LogP contribution < -0.4 is 10.1 Å². The van der Waals surface area contributed by atoms with Crippen molar-refractivity contribution in [1.29, 1.82) is 0 Å². The van der Waals surface area contributed by atoms with Gasteiger partial charge in [-0.3, -0.25) is 4.79 Å². The molecule has 0 bridgehead atoms. The number of carbonyl (C=O) groups excluding carboxylic acids is 1. The van der Waals surface area contributed by atoms with E-state index in [4.69, 9.17) is 4.74 Å². The third-order valence-corrected chi connectivity index (χ3v) is 4.36. The van der Waals surface area contributed by atoms with E-state index in [0.29, 0.717) is 22.9 Å². The maximum atomic E-state index is 13.5. The highest BCUT2D eigenvalue weighted by Crippen LogP contribution is 2.32. The van der Waals surface area contributed by atoms with Crippen LogP contribution in [0.2, 0.25) is 0 Å². The Morgan fingerprint density at radius 3 is 2.87 bits per heavy atom. The third kappa shape index (κ3) is 3.48. The SMILES string of the molecule is COc1cccc2sc(NC(=O)CCc3ccccc3F)nc12. The number of aryl methyl sites for hydroxylation is 1. The first kappa shape index (κ1) is 15.4. The molecule has 1 N–H and O–H groups in total. The molecular formula is C17H15FN2O2S. The number of ether oxygens (including phenoxy) is 1. The second-order valence-electron chi connectivity index (χ2n) is 4.97. The monoisotopic (exact) mass is 330 g/mol. The number of nitrogens with zero attached hydrogens (tertiary/aromatic N) is 1. The summed E-state index contributed by atoms with van der Waals surface area (Å²) in [6, 6.07) is 12.1. The fraction of sp³-hybridized carbons (Fsp3) is 0.176. The topological polar surface area (TPSA) is 51.2 Å². The molecule has 0 aliphatic rings. The van der Waals surface area contributed by atoms with Crippen molar-refractivity contribution < 1.29 is 13.9 Å². The number of fused-ring (bicyclic) bond motifs is 1. The molecule has 0 aliphatic carbocycles. The maximum Gasteiger partial charge on any atom is 0.226 e. The minimum absolute atomic E-state index is 0.189. The largest absolute Gasteiger partial charge is 0.494 e. The first-order valence-electron chi connectivity index (χ1n) is 7.14. The van der Waals surface area contributed by atoms with E-state index < -0.39 is 0 Å². The van der Waals surface area contributed by atoms with Crippen LogP contribution in [0.4, 0.5) is 9.52 Å². The summed E-state index contributed by atoms with van der Waals surface area (Å²) in [6.45, 7) is 0. The zero-order valence-electron chi connectivity index (χ0n) is 12.5. The van der Waals surface area contributed by atoms with Crippen molar-refractivity contribution in [3.8, 4) is 5.75 Å². The van der Waals surface area contributed by atoms with E-state index in [1.165, 1.54) is 17.4 Å². The van der Waals surface area contributed by atoms with Crippen LogP contribution in [0.15, 0.2) is 42.5 Å². The Morgan fingerprint density at radius 2 is 2.09 bits per heavy atom. The van der Waals surface area contributed by atoms with Gasteiger partial charge in [-0.1, -0.05) is 35.6 Å². The van der Waals surface area contributed by atoms with Crippen molar-refractivity contribution in [3.63, 3.8) is 0 Å². The molecule has 0 unspecified atom stereocenters. The summed E-state index contributed by atoms with van der Waals surface area (Å²) in [5.74, 6) is 0.196. The highest BCUT2D eigenvalue weighted by molar-refractivity contribution is 7.22. The molecule has 1 aromatic heterocycles. The first-order valence-corrected chi connectivity index (χ1v) is 7.96. The lowest BCUT2D eigenvalue weighted by atomic mass is 10.1. The summed E-state index contributed by atoms with van der Waals surface area (Å²) in [5.41, 5.74) is 1.26. The van der Waals surface area contributed by atoms with Gasteiger partial charge < -0.3 is 10.1 Å². The van der Waals surface area contributed by atoms with Crippen molar-refractivity contribution in [3.05, 3.63) is 53.8 Å². The highest BCUT2D eigenvalue weighted by atomic mass is 32.1. The number of rotatable bonds is 5. The lowest BCUT2D eigenvalue weighted by Gasteiger charge is -2.03. The predicted molar refractivity (Wildman–Crippen MR) is 89.5 cm³/mol. The molecular weight excluding hydrogens is 315 g/mol. The van der Waals surface area contributed by atoms with E-state index in [-0.39, 0.29) is 18.1 Å². The standard InChI is InChI=1S/C17H15FN2O2S/c1-22-13-7-4-8-14-16(13)20-17(23-14)19-15(21)10-9-11-5-2-3-6-12(11)18/h2-8H,9-10H2,1H3,(H,19,20,21). The van der Waals surface area contributed by atoms with E-state index in [1.807, 2.05) is 18.2 Å². The first-order chi connectivity index (χ1) is 11.2. The molecule has 0 spiro atoms. The molecule has 3 rings (SSSR count). The van der Waals surface area contributed by atoms with Crippen molar-refractivity contribution in [1.82, 2.24) is 4.98 Å². The number of halogens is 1. The molecule has 0 saturated carbocycles. The normalized spacial score (nSPS) is 10.7. The van der Waals surface area contributed by atoms with Gasteiger partial charge in [0.05, 0.1) is 11.8 Å². The molecule has 0 saturated heterocycles. The van der Waals surface area contributed by atoms with Crippen LogP contribution in [0.5, 0.6) is 5.75 Å². The lowest BCUT2D eigenvalue weighted by molar-refractivity contribution is -0.116. The van der Waals surface area contributed by atoms with Crippen LogP contribution in [0, 0.1) is 5.82 Å². The number of amides is 1. The summed E-state index contributed by atoms with van der Waals surface area (Å²) in [5, 5.41) is 3.28. The zero-order chi connectivity index (χ0) is 16.2. The molecule has 23 heavy (non-hydrogen) atoms. The predicted octanol–water partition coefficient (Wildman–Crippen LogP) is 4.02. The smallest absolute Gasteiger partial charge is 0.226 e. The quantitative estimate of drug-likeness (QED) is 0.769. The second-order valence-corrected chi connectivity index (χ2v) is 6.00. The Kier molecular flexibility index (Phi) is 4.52. The fourth-order valence-corrected chi connectivity index (χ4v) is 3.17. The maximum absolute atomic E-state index is 13.5. The number of hydrogen-bond acceptors (Lipinski definition) is 4. The molecule has 2 aromatic carbocycles. The number of hydrogen-bond donors (Lipinski definition) is 1. The van der Waals surface area contributed by atoms with Gasteiger partial charge in [-0.05, 0) is 30.2 Å². The van der Waals surface area contributed by atoms with E-state index in [9.17, 15) is 9.18 Å². The van der Waals surface area contributed by atoms with Gasteiger partial charge >= 0.3 is 0 Å². The molecule has 0 aliphatic heterocycles. The number of aromatic nitrogens is 1. The molecule has 6 heteroatoms. The minimum atomic E-state index is -0.287. The second kappa shape index (κ2) is 6.75. The summed E-state index contributed by atoms with van der Waals surface area (Å²) in [4.78, 5) is 16.4. The average Bonchev–Trinajstić information content (AvgIpc) is 2.96. The van der Waals surface area contributed by atoms with Crippen LogP contribution in [-0.2, 0) is 11.2 Å². The van der Waals surface area contributed by atoms with Gasteiger partial charge in [-0.2, -0.15) is 0 Å². The Hall–Kier alpha value is -2.47. The molecule has 1 amide bonds. The number of carbonyl (C=O) groups is 1. The van der Waals surface area contributed by atoms with Crippen molar-refractivity contribution in [2.45, 2.75) is 12.8 Å². The van der Waals surface area contributed by atoms with E-state index >= 15 is 0 Å². The Labute approximate surface area is 136 Å². The molecule has 4 nitrogen and oxygen atoms in total. The van der Waals surface area contributed by atoms with Gasteiger partial charge in [-0.25, -0.2) is 9.37 Å². The Morgan fingerprint density at radius 1 is 1.26 bits per heavy atom. The molecule has 118 valence electrons. The van der Waals surface area contributed by atoms with Crippen LogP contribution in [-0.4, -0.2) is 18.0 Å². The van der Waals surface area contributed by atoms with Crippen molar-refractivity contribution in [2.24, 2.45) is 0 Å². The number of nitrogens with one attached hydrogen (secondary N) is 1. The van der Waals surface area contributed by atoms with E-state index in [2.05, 4.69) is 10.3 Å². The molecule has 1 heterocycles. The number of anilines is 1. The highest BCUT2D eigenvalue weighted by Gasteiger charge is 2.11.